The quantitative estimate of drug-likeness (QED) is 0.329. The summed E-state index contributed by atoms with van der Waals surface area (Å²) < 4.78 is 9.15. The summed E-state index contributed by atoms with van der Waals surface area (Å²) in [6, 6.07) is 0. The van der Waals surface area contributed by atoms with E-state index < -0.39 is 6.29 Å². The lowest BCUT2D eigenvalue weighted by Crippen LogP contribution is -2.10. The lowest BCUT2D eigenvalue weighted by atomic mass is 10.7. The Kier molecular flexibility index (Phi) is 4.98. The van der Waals surface area contributed by atoms with Crippen LogP contribution < -0.4 is 0 Å². The van der Waals surface area contributed by atoms with Crippen LogP contribution in [0.4, 0.5) is 0 Å². The highest BCUT2D eigenvalue weighted by Crippen LogP contribution is 1.82. The summed E-state index contributed by atoms with van der Waals surface area (Å²) in [6.07, 6.45) is 5.99. The number of ether oxygens (including phenoxy) is 2. The highest BCUT2D eigenvalue weighted by molar-refractivity contribution is 4.67. The van der Waals surface area contributed by atoms with Gasteiger partial charge in [0.05, 0.1) is 6.61 Å². The van der Waals surface area contributed by atoms with Crippen molar-refractivity contribution in [3.05, 3.63) is 0 Å². The van der Waals surface area contributed by atoms with Crippen LogP contribution in [0.25, 0.3) is 0 Å². The summed E-state index contributed by atoms with van der Waals surface area (Å²) in [6.45, 7) is 2.17. The molecule has 0 aromatic rings. The second kappa shape index (κ2) is 5.42. The van der Waals surface area contributed by atoms with Crippen molar-refractivity contribution in [2.45, 2.75) is 13.2 Å². The topological polar surface area (TPSA) is 38.7 Å². The van der Waals surface area contributed by atoms with Gasteiger partial charge in [-0.25, -0.2) is 0 Å². The highest BCUT2D eigenvalue weighted by atomic mass is 16.6. The number of aliphatic hydroxyl groups excluding tert-OH is 1. The smallest absolute Gasteiger partial charge is 0.151 e. The van der Waals surface area contributed by atoms with Gasteiger partial charge in [-0.1, -0.05) is 6.42 Å². The first-order valence-electron chi connectivity index (χ1n) is 2.64. The number of rotatable bonds is 4. The molecule has 0 aliphatic rings. The standard InChI is InChI=1S/C6H10O3/c1-3-8-4-5-9-6(2)7/h1,6-7H,4-5H2,2H3. The largest absolute Gasteiger partial charge is 0.444 e. The predicted octanol–water partition coefficient (Wildman–Crippen LogP) is -0.0514. The first kappa shape index (κ1) is 8.28. The third kappa shape index (κ3) is 7.28. The third-order valence-corrected chi connectivity index (χ3v) is 0.628. The van der Waals surface area contributed by atoms with E-state index in [1.807, 2.05) is 6.11 Å². The van der Waals surface area contributed by atoms with Gasteiger partial charge in [-0.2, -0.15) is 0 Å². The van der Waals surface area contributed by atoms with Gasteiger partial charge in [0.1, 0.15) is 12.7 Å². The highest BCUT2D eigenvalue weighted by Gasteiger charge is 1.91. The van der Waals surface area contributed by atoms with Gasteiger partial charge in [-0.05, 0) is 6.92 Å². The van der Waals surface area contributed by atoms with Crippen molar-refractivity contribution in [1.29, 1.82) is 0 Å². The molecule has 0 fully saturated rings. The maximum atomic E-state index is 8.52. The molecule has 0 aliphatic carbocycles. The first-order chi connectivity index (χ1) is 4.27. The molecule has 0 bridgehead atoms. The SMILES string of the molecule is C#COCCOC(C)O. The van der Waals surface area contributed by atoms with Crippen molar-refractivity contribution >= 4 is 0 Å². The number of aliphatic hydroxyl groups is 1. The van der Waals surface area contributed by atoms with Crippen LogP contribution in [-0.2, 0) is 9.47 Å². The summed E-state index contributed by atoms with van der Waals surface area (Å²) >= 11 is 0. The molecule has 9 heavy (non-hydrogen) atoms. The van der Waals surface area contributed by atoms with Crippen molar-refractivity contribution in [2.75, 3.05) is 13.2 Å². The molecule has 1 atom stereocenters. The second-order valence-electron chi connectivity index (χ2n) is 1.44. The molecule has 3 nitrogen and oxygen atoms in total. The maximum absolute atomic E-state index is 8.52. The lowest BCUT2D eigenvalue weighted by molar-refractivity contribution is -0.0930. The molecule has 1 N–H and O–H groups in total. The zero-order valence-corrected chi connectivity index (χ0v) is 5.33. The van der Waals surface area contributed by atoms with Crippen LogP contribution in [0.1, 0.15) is 6.92 Å². The van der Waals surface area contributed by atoms with Crippen molar-refractivity contribution in [3.63, 3.8) is 0 Å². The lowest BCUT2D eigenvalue weighted by Gasteiger charge is -2.03. The zero-order valence-electron chi connectivity index (χ0n) is 5.33. The van der Waals surface area contributed by atoms with E-state index in [2.05, 4.69) is 9.47 Å². The predicted molar refractivity (Wildman–Crippen MR) is 32.4 cm³/mol. The van der Waals surface area contributed by atoms with Crippen molar-refractivity contribution in [3.8, 4) is 12.5 Å². The molecule has 0 amide bonds. The van der Waals surface area contributed by atoms with Gasteiger partial charge in [0.15, 0.2) is 6.29 Å². The van der Waals surface area contributed by atoms with Gasteiger partial charge < -0.3 is 14.6 Å². The monoisotopic (exact) mass is 130 g/mol. The van der Waals surface area contributed by atoms with Gasteiger partial charge in [0.25, 0.3) is 0 Å². The number of terminal acetylenes is 1. The minimum absolute atomic E-state index is 0.321. The molecule has 0 aromatic heterocycles. The Morgan fingerprint density at radius 3 is 2.78 bits per heavy atom. The van der Waals surface area contributed by atoms with Gasteiger partial charge in [0, 0.05) is 0 Å². The molecule has 52 valence electrons. The van der Waals surface area contributed by atoms with E-state index in [0.717, 1.165) is 0 Å². The summed E-state index contributed by atoms with van der Waals surface area (Å²) in [7, 11) is 0. The Balaban J connectivity index is 2.85. The molecule has 0 radical (unpaired) electrons. The third-order valence-electron chi connectivity index (χ3n) is 0.628. The van der Waals surface area contributed by atoms with E-state index in [4.69, 9.17) is 11.5 Å². The van der Waals surface area contributed by atoms with E-state index in [9.17, 15) is 0 Å². The number of hydrogen-bond donors (Lipinski definition) is 1. The second-order valence-corrected chi connectivity index (χ2v) is 1.44. The van der Waals surface area contributed by atoms with Crippen molar-refractivity contribution < 1.29 is 14.6 Å². The molecule has 3 heteroatoms. The summed E-state index contributed by atoms with van der Waals surface area (Å²) in [5, 5.41) is 8.52. The maximum Gasteiger partial charge on any atom is 0.151 e. The minimum atomic E-state index is -0.744. The Morgan fingerprint density at radius 2 is 2.33 bits per heavy atom. The molecule has 0 saturated heterocycles. The molecule has 1 unspecified atom stereocenters. The molecule has 0 aromatic carbocycles. The molecule has 0 aliphatic heterocycles. The summed E-state index contributed by atoms with van der Waals surface area (Å²) in [5.41, 5.74) is 0. The summed E-state index contributed by atoms with van der Waals surface area (Å²) in [4.78, 5) is 0. The normalized spacial score (nSPS) is 12.1. The van der Waals surface area contributed by atoms with Crippen molar-refractivity contribution in [1.82, 2.24) is 0 Å². The Bertz CT molecular complexity index is 93.0. The van der Waals surface area contributed by atoms with E-state index >= 15 is 0 Å². The fourth-order valence-corrected chi connectivity index (χ4v) is 0.319. The van der Waals surface area contributed by atoms with E-state index in [1.165, 1.54) is 6.92 Å². The van der Waals surface area contributed by atoms with Crippen LogP contribution in [0.3, 0.4) is 0 Å². The molecular formula is C6H10O3. The molecule has 0 heterocycles. The average Bonchev–Trinajstić information content (AvgIpc) is 1.80. The van der Waals surface area contributed by atoms with Gasteiger partial charge >= 0.3 is 0 Å². The van der Waals surface area contributed by atoms with Crippen LogP contribution in [0.15, 0.2) is 0 Å². The van der Waals surface area contributed by atoms with Crippen molar-refractivity contribution in [2.24, 2.45) is 0 Å². The zero-order chi connectivity index (χ0) is 7.11. The Morgan fingerprint density at radius 1 is 1.67 bits per heavy atom. The fraction of sp³-hybridized carbons (Fsp3) is 0.667. The Hall–Kier alpha value is -0.720. The van der Waals surface area contributed by atoms with Crippen LogP contribution in [0.5, 0.6) is 0 Å². The minimum Gasteiger partial charge on any atom is -0.444 e. The average molecular weight is 130 g/mol. The fourth-order valence-electron chi connectivity index (χ4n) is 0.319. The molecule has 0 spiro atoms. The van der Waals surface area contributed by atoms with E-state index in [-0.39, 0.29) is 0 Å². The molecule has 0 rings (SSSR count). The number of hydrogen-bond acceptors (Lipinski definition) is 3. The van der Waals surface area contributed by atoms with Crippen LogP contribution in [0.2, 0.25) is 0 Å². The molecular weight excluding hydrogens is 120 g/mol. The molecule has 0 saturated carbocycles. The van der Waals surface area contributed by atoms with E-state index in [0.29, 0.717) is 13.2 Å². The first-order valence-corrected chi connectivity index (χ1v) is 2.64. The van der Waals surface area contributed by atoms with Crippen LogP contribution >= 0.6 is 0 Å². The van der Waals surface area contributed by atoms with Crippen LogP contribution in [0, 0.1) is 12.5 Å². The Labute approximate surface area is 54.6 Å². The van der Waals surface area contributed by atoms with Gasteiger partial charge in [-0.3, -0.25) is 0 Å². The summed E-state index contributed by atoms with van der Waals surface area (Å²) in [5.74, 6) is 0. The van der Waals surface area contributed by atoms with Gasteiger partial charge in [0.2, 0.25) is 0 Å². The van der Waals surface area contributed by atoms with Crippen LogP contribution in [-0.4, -0.2) is 24.6 Å². The van der Waals surface area contributed by atoms with E-state index in [1.54, 1.807) is 0 Å². The van der Waals surface area contributed by atoms with Gasteiger partial charge in [-0.15, -0.1) is 0 Å².